The smallest absolute Gasteiger partial charge is 0.119 e. The molecule has 1 aliphatic carbocycles. The van der Waals surface area contributed by atoms with E-state index in [1.165, 1.54) is 23.4 Å². The van der Waals surface area contributed by atoms with Crippen LogP contribution in [0.25, 0.3) is 0 Å². The summed E-state index contributed by atoms with van der Waals surface area (Å²) in [5.41, 5.74) is 1.27. The van der Waals surface area contributed by atoms with Gasteiger partial charge in [-0.2, -0.15) is 0 Å². The molecule has 3 nitrogen and oxygen atoms in total. The SMILES string of the molecule is COCc1nc(CC(C)C)c(CNC2CC2)s1. The van der Waals surface area contributed by atoms with E-state index in [4.69, 9.17) is 9.72 Å². The second-order valence-corrected chi connectivity index (χ2v) is 6.33. The molecule has 96 valence electrons. The van der Waals surface area contributed by atoms with Gasteiger partial charge in [-0.05, 0) is 25.2 Å². The number of rotatable bonds is 7. The maximum Gasteiger partial charge on any atom is 0.119 e. The van der Waals surface area contributed by atoms with Gasteiger partial charge in [0, 0.05) is 24.6 Å². The number of thiazole rings is 1. The lowest BCUT2D eigenvalue weighted by molar-refractivity contribution is 0.184. The topological polar surface area (TPSA) is 34.1 Å². The number of ether oxygens (including phenoxy) is 1. The third-order valence-electron chi connectivity index (χ3n) is 2.82. The fourth-order valence-corrected chi connectivity index (χ4v) is 2.85. The van der Waals surface area contributed by atoms with Crippen LogP contribution in [0, 0.1) is 5.92 Å². The van der Waals surface area contributed by atoms with E-state index in [0.29, 0.717) is 12.5 Å². The summed E-state index contributed by atoms with van der Waals surface area (Å²) in [6, 6.07) is 0.759. The van der Waals surface area contributed by atoms with Gasteiger partial charge in [0.2, 0.25) is 0 Å². The quantitative estimate of drug-likeness (QED) is 0.812. The molecule has 1 aromatic heterocycles. The van der Waals surface area contributed by atoms with Gasteiger partial charge in [-0.15, -0.1) is 11.3 Å². The summed E-state index contributed by atoms with van der Waals surface area (Å²) in [7, 11) is 1.73. The Morgan fingerprint density at radius 2 is 2.24 bits per heavy atom. The molecule has 1 saturated carbocycles. The van der Waals surface area contributed by atoms with E-state index in [0.717, 1.165) is 24.0 Å². The second-order valence-electron chi connectivity index (χ2n) is 5.16. The maximum atomic E-state index is 5.17. The number of nitrogens with one attached hydrogen (secondary N) is 1. The molecule has 4 heteroatoms. The maximum absolute atomic E-state index is 5.17. The fourth-order valence-electron chi connectivity index (χ4n) is 1.83. The Kier molecular flexibility index (Phi) is 4.54. The van der Waals surface area contributed by atoms with Crippen molar-refractivity contribution < 1.29 is 4.74 Å². The Morgan fingerprint density at radius 1 is 1.47 bits per heavy atom. The summed E-state index contributed by atoms with van der Waals surface area (Å²) < 4.78 is 5.17. The van der Waals surface area contributed by atoms with Gasteiger partial charge in [0.15, 0.2) is 0 Å². The first-order valence-electron chi connectivity index (χ1n) is 6.38. The second kappa shape index (κ2) is 5.94. The highest BCUT2D eigenvalue weighted by Crippen LogP contribution is 2.24. The molecule has 0 bridgehead atoms. The monoisotopic (exact) mass is 254 g/mol. The average Bonchev–Trinajstić information content (AvgIpc) is 3.00. The van der Waals surface area contributed by atoms with Crippen LogP contribution in [-0.4, -0.2) is 18.1 Å². The zero-order chi connectivity index (χ0) is 12.3. The van der Waals surface area contributed by atoms with Gasteiger partial charge in [-0.1, -0.05) is 13.8 Å². The lowest BCUT2D eigenvalue weighted by Gasteiger charge is -2.05. The Morgan fingerprint density at radius 3 is 2.82 bits per heavy atom. The highest BCUT2D eigenvalue weighted by molar-refractivity contribution is 7.11. The van der Waals surface area contributed by atoms with Gasteiger partial charge in [0.25, 0.3) is 0 Å². The van der Waals surface area contributed by atoms with Gasteiger partial charge in [-0.3, -0.25) is 0 Å². The minimum absolute atomic E-state index is 0.638. The Bertz CT molecular complexity index is 358. The first kappa shape index (κ1) is 13.0. The molecular formula is C13H22N2OS. The average molecular weight is 254 g/mol. The number of methoxy groups -OCH3 is 1. The zero-order valence-corrected chi connectivity index (χ0v) is 11.8. The molecule has 0 atom stereocenters. The third-order valence-corrected chi connectivity index (χ3v) is 3.89. The van der Waals surface area contributed by atoms with Crippen LogP contribution < -0.4 is 5.32 Å². The van der Waals surface area contributed by atoms with Crippen molar-refractivity contribution in [1.29, 1.82) is 0 Å². The van der Waals surface area contributed by atoms with Crippen LogP contribution in [-0.2, 0) is 24.3 Å². The number of hydrogen-bond acceptors (Lipinski definition) is 4. The minimum atomic E-state index is 0.638. The lowest BCUT2D eigenvalue weighted by atomic mass is 10.1. The molecule has 0 radical (unpaired) electrons. The molecular weight excluding hydrogens is 232 g/mol. The third kappa shape index (κ3) is 4.05. The van der Waals surface area contributed by atoms with Crippen LogP contribution in [0.15, 0.2) is 0 Å². The number of aromatic nitrogens is 1. The predicted octanol–water partition coefficient (Wildman–Crippen LogP) is 2.74. The molecule has 0 unspecified atom stereocenters. The Hall–Kier alpha value is -0.450. The number of hydrogen-bond donors (Lipinski definition) is 1. The van der Waals surface area contributed by atoms with Gasteiger partial charge in [-0.25, -0.2) is 4.98 Å². The lowest BCUT2D eigenvalue weighted by Crippen LogP contribution is -2.15. The largest absolute Gasteiger partial charge is 0.378 e. The molecule has 2 rings (SSSR count). The molecule has 1 fully saturated rings. The summed E-state index contributed by atoms with van der Waals surface area (Å²) >= 11 is 1.80. The van der Waals surface area contributed by atoms with Gasteiger partial charge >= 0.3 is 0 Å². The van der Waals surface area contributed by atoms with Crippen molar-refractivity contribution in [2.24, 2.45) is 5.92 Å². The van der Waals surface area contributed by atoms with Crippen LogP contribution >= 0.6 is 11.3 Å². The van der Waals surface area contributed by atoms with E-state index in [9.17, 15) is 0 Å². The zero-order valence-electron chi connectivity index (χ0n) is 11.0. The van der Waals surface area contributed by atoms with Gasteiger partial charge < -0.3 is 10.1 Å². The first-order chi connectivity index (χ1) is 8.19. The van der Waals surface area contributed by atoms with Crippen LogP contribution in [0.5, 0.6) is 0 Å². The van der Waals surface area contributed by atoms with Crippen molar-refractivity contribution in [3.8, 4) is 0 Å². The van der Waals surface area contributed by atoms with Crippen LogP contribution in [0.2, 0.25) is 0 Å². The van der Waals surface area contributed by atoms with E-state index in [1.54, 1.807) is 18.4 Å². The van der Waals surface area contributed by atoms with Gasteiger partial charge in [0.05, 0.1) is 12.3 Å². The van der Waals surface area contributed by atoms with E-state index in [2.05, 4.69) is 19.2 Å². The van der Waals surface area contributed by atoms with Gasteiger partial charge in [0.1, 0.15) is 5.01 Å². The molecule has 0 aliphatic heterocycles. The number of nitrogens with zero attached hydrogens (tertiary/aromatic N) is 1. The van der Waals surface area contributed by atoms with Crippen molar-refractivity contribution in [2.45, 2.75) is 52.3 Å². The molecule has 0 spiro atoms. The summed E-state index contributed by atoms with van der Waals surface area (Å²) in [6.45, 7) is 6.11. The van der Waals surface area contributed by atoms with Crippen molar-refractivity contribution in [1.82, 2.24) is 10.3 Å². The molecule has 0 amide bonds. The Balaban J connectivity index is 2.02. The first-order valence-corrected chi connectivity index (χ1v) is 7.20. The van der Waals surface area contributed by atoms with Crippen LogP contribution in [0.3, 0.4) is 0 Å². The molecule has 0 saturated heterocycles. The normalized spacial score (nSPS) is 15.8. The van der Waals surface area contributed by atoms with Crippen molar-refractivity contribution in [3.63, 3.8) is 0 Å². The molecule has 1 N–H and O–H groups in total. The Labute approximate surface area is 108 Å². The predicted molar refractivity (Wildman–Crippen MR) is 71.2 cm³/mol. The molecule has 1 aliphatic rings. The summed E-state index contributed by atoms with van der Waals surface area (Å²) in [4.78, 5) is 6.09. The molecule has 1 aromatic rings. The molecule has 0 aromatic carbocycles. The van der Waals surface area contributed by atoms with Crippen molar-refractivity contribution in [3.05, 3.63) is 15.6 Å². The molecule has 1 heterocycles. The van der Waals surface area contributed by atoms with E-state index < -0.39 is 0 Å². The highest BCUT2D eigenvalue weighted by atomic mass is 32.1. The summed E-state index contributed by atoms with van der Waals surface area (Å²) in [5, 5.41) is 4.68. The van der Waals surface area contributed by atoms with E-state index in [-0.39, 0.29) is 0 Å². The summed E-state index contributed by atoms with van der Waals surface area (Å²) in [6.07, 6.45) is 3.74. The van der Waals surface area contributed by atoms with Crippen molar-refractivity contribution >= 4 is 11.3 Å². The van der Waals surface area contributed by atoms with Crippen LogP contribution in [0.1, 0.15) is 42.3 Å². The van der Waals surface area contributed by atoms with Crippen molar-refractivity contribution in [2.75, 3.05) is 7.11 Å². The standard InChI is InChI=1S/C13H22N2OS/c1-9(2)6-11-12(7-14-10-4-5-10)17-13(15-11)8-16-3/h9-10,14H,4-8H2,1-3H3. The minimum Gasteiger partial charge on any atom is -0.378 e. The molecule has 17 heavy (non-hydrogen) atoms. The highest BCUT2D eigenvalue weighted by Gasteiger charge is 2.21. The summed E-state index contributed by atoms with van der Waals surface area (Å²) in [5.74, 6) is 0.659. The van der Waals surface area contributed by atoms with E-state index >= 15 is 0 Å². The van der Waals surface area contributed by atoms with E-state index in [1.807, 2.05) is 0 Å². The fraction of sp³-hybridized carbons (Fsp3) is 0.769. The van der Waals surface area contributed by atoms with Crippen LogP contribution in [0.4, 0.5) is 0 Å².